The minimum absolute atomic E-state index is 0.0166. The number of urea groups is 1. The van der Waals surface area contributed by atoms with Crippen LogP contribution < -0.4 is 20.9 Å². The van der Waals surface area contributed by atoms with Gasteiger partial charge in [-0.25, -0.2) is 22.6 Å². The van der Waals surface area contributed by atoms with Gasteiger partial charge in [0.15, 0.2) is 9.84 Å². The third-order valence-electron chi connectivity index (χ3n) is 5.24. The lowest BCUT2D eigenvalue weighted by molar-refractivity contribution is 0.262. The fraction of sp³-hybridized carbons (Fsp3) is 0.115. The molecule has 37 heavy (non-hydrogen) atoms. The van der Waals surface area contributed by atoms with Crippen molar-refractivity contribution in [3.8, 4) is 0 Å². The van der Waals surface area contributed by atoms with Crippen LogP contribution in [-0.4, -0.2) is 37.7 Å². The fourth-order valence-electron chi connectivity index (χ4n) is 3.44. The van der Waals surface area contributed by atoms with Crippen molar-refractivity contribution in [2.45, 2.75) is 5.75 Å². The Bertz CT molecular complexity index is 1480. The smallest absolute Gasteiger partial charge is 0.323 e. The molecule has 0 aliphatic carbocycles. The summed E-state index contributed by atoms with van der Waals surface area (Å²) in [5, 5.41) is 8.50. The van der Waals surface area contributed by atoms with E-state index in [0.717, 1.165) is 11.4 Å². The first-order chi connectivity index (χ1) is 17.6. The lowest BCUT2D eigenvalue weighted by atomic mass is 10.2. The average molecular weight is 521 g/mol. The molecule has 4 rings (SSSR count). The first kappa shape index (κ1) is 25.6. The van der Waals surface area contributed by atoms with E-state index >= 15 is 0 Å². The van der Waals surface area contributed by atoms with Gasteiger partial charge in [0.25, 0.3) is 0 Å². The van der Waals surface area contributed by atoms with Crippen LogP contribution in [-0.2, 0) is 15.6 Å². The van der Waals surface area contributed by atoms with Gasteiger partial charge >= 0.3 is 6.03 Å². The molecule has 0 fully saturated rings. The summed E-state index contributed by atoms with van der Waals surface area (Å²) in [4.78, 5) is 22.9. The highest BCUT2D eigenvalue weighted by atomic mass is 32.2. The first-order valence-electron chi connectivity index (χ1n) is 11.2. The molecule has 190 valence electrons. The maximum atomic E-state index is 13.0. The second-order valence-corrected chi connectivity index (χ2v) is 10.5. The second kappa shape index (κ2) is 11.0. The quantitative estimate of drug-likeness (QED) is 0.288. The van der Waals surface area contributed by atoms with Gasteiger partial charge in [0, 0.05) is 42.2 Å². The van der Waals surface area contributed by atoms with Crippen molar-refractivity contribution in [2.75, 3.05) is 34.2 Å². The predicted molar refractivity (Wildman–Crippen MR) is 144 cm³/mol. The molecule has 0 unspecified atom stereocenters. The lowest BCUT2D eigenvalue weighted by Gasteiger charge is -2.19. The number of amides is 2. The zero-order chi connectivity index (χ0) is 26.4. The molecule has 0 spiro atoms. The zero-order valence-electron chi connectivity index (χ0n) is 20.1. The Morgan fingerprint density at radius 2 is 1.43 bits per heavy atom. The molecular formula is C26H25FN6O3S. The normalized spacial score (nSPS) is 11.0. The molecule has 0 aliphatic rings. The maximum absolute atomic E-state index is 13.0. The summed E-state index contributed by atoms with van der Waals surface area (Å²) in [5.74, 6) is 0.631. The Morgan fingerprint density at radius 3 is 2.03 bits per heavy atom. The van der Waals surface area contributed by atoms with E-state index in [9.17, 15) is 17.6 Å². The van der Waals surface area contributed by atoms with Gasteiger partial charge < -0.3 is 20.9 Å². The number of sulfone groups is 1. The van der Waals surface area contributed by atoms with E-state index in [1.54, 1.807) is 48.7 Å². The molecular weight excluding hydrogens is 495 g/mol. The van der Waals surface area contributed by atoms with Crippen molar-refractivity contribution < 1.29 is 17.6 Å². The zero-order valence-corrected chi connectivity index (χ0v) is 21.0. The summed E-state index contributed by atoms with van der Waals surface area (Å²) in [7, 11) is -1.24. The Hall–Kier alpha value is -4.51. The number of nitrogens with one attached hydrogen (secondary N) is 3. The molecule has 3 aromatic carbocycles. The number of aromatic nitrogens is 2. The van der Waals surface area contributed by atoms with E-state index in [0.29, 0.717) is 28.7 Å². The first-order valence-corrected chi connectivity index (χ1v) is 13.2. The van der Waals surface area contributed by atoms with Crippen LogP contribution >= 0.6 is 0 Å². The fourth-order valence-corrected chi connectivity index (χ4v) is 4.24. The molecule has 0 saturated heterocycles. The molecule has 0 atom stereocenters. The van der Waals surface area contributed by atoms with Gasteiger partial charge in [-0.3, -0.25) is 0 Å². The monoisotopic (exact) mass is 520 g/mol. The summed E-state index contributed by atoms with van der Waals surface area (Å²) < 4.78 is 35.9. The summed E-state index contributed by atoms with van der Waals surface area (Å²) in [6, 6.07) is 21.1. The number of carbonyl (C=O) groups is 1. The van der Waals surface area contributed by atoms with Crippen molar-refractivity contribution in [2.24, 2.45) is 0 Å². The highest BCUT2D eigenvalue weighted by molar-refractivity contribution is 7.89. The minimum Gasteiger partial charge on any atom is -0.329 e. The van der Waals surface area contributed by atoms with Crippen LogP contribution in [0.2, 0.25) is 0 Å². The van der Waals surface area contributed by atoms with Gasteiger partial charge in [-0.15, -0.1) is 0 Å². The van der Waals surface area contributed by atoms with Crippen molar-refractivity contribution >= 4 is 50.4 Å². The molecule has 0 saturated carbocycles. The largest absolute Gasteiger partial charge is 0.329 e. The maximum Gasteiger partial charge on any atom is 0.323 e. The minimum atomic E-state index is -3.10. The van der Waals surface area contributed by atoms with Gasteiger partial charge in [0.05, 0.1) is 5.75 Å². The number of benzene rings is 3. The van der Waals surface area contributed by atoms with E-state index in [1.807, 2.05) is 24.1 Å². The number of hydrogen-bond acceptors (Lipinski definition) is 7. The number of nitrogens with zero attached hydrogens (tertiary/aromatic N) is 3. The third kappa shape index (κ3) is 7.48. The molecule has 0 bridgehead atoms. The van der Waals surface area contributed by atoms with Crippen LogP contribution in [0.25, 0.3) is 0 Å². The summed E-state index contributed by atoms with van der Waals surface area (Å²) >= 11 is 0. The van der Waals surface area contributed by atoms with Crippen molar-refractivity contribution in [3.63, 3.8) is 0 Å². The molecule has 1 heterocycles. The summed E-state index contributed by atoms with van der Waals surface area (Å²) in [6.07, 6.45) is 2.83. The summed E-state index contributed by atoms with van der Waals surface area (Å²) in [5.41, 5.74) is 3.33. The summed E-state index contributed by atoms with van der Waals surface area (Å²) in [6.45, 7) is 0. The Labute approximate surface area is 214 Å². The lowest BCUT2D eigenvalue weighted by Crippen LogP contribution is -2.19. The Kier molecular flexibility index (Phi) is 7.63. The second-order valence-electron chi connectivity index (χ2n) is 8.32. The van der Waals surface area contributed by atoms with E-state index < -0.39 is 15.9 Å². The number of rotatable bonds is 8. The Balaban J connectivity index is 1.37. The van der Waals surface area contributed by atoms with Crippen LogP contribution in [0.3, 0.4) is 0 Å². The SMILES string of the molecule is CN(c1ccc(NC(=O)Nc2ccc(F)cc2)cc1)c1ccnc(Nc2ccc(CS(C)(=O)=O)cc2)n1. The highest BCUT2D eigenvalue weighted by Gasteiger charge is 2.10. The highest BCUT2D eigenvalue weighted by Crippen LogP contribution is 2.25. The van der Waals surface area contributed by atoms with Gasteiger partial charge in [-0.2, -0.15) is 4.98 Å². The number of hydrogen-bond donors (Lipinski definition) is 3. The number of anilines is 6. The molecule has 0 radical (unpaired) electrons. The molecule has 3 N–H and O–H groups in total. The van der Waals surface area contributed by atoms with Crippen LogP contribution in [0.15, 0.2) is 85.1 Å². The predicted octanol–water partition coefficient (Wildman–Crippen LogP) is 5.32. The molecule has 9 nitrogen and oxygen atoms in total. The van der Waals surface area contributed by atoms with Gasteiger partial charge in [-0.1, -0.05) is 12.1 Å². The van der Waals surface area contributed by atoms with Crippen molar-refractivity contribution in [1.82, 2.24) is 9.97 Å². The molecule has 1 aromatic heterocycles. The van der Waals surface area contributed by atoms with Gasteiger partial charge in [0.1, 0.15) is 11.6 Å². The van der Waals surface area contributed by atoms with E-state index in [2.05, 4.69) is 25.9 Å². The van der Waals surface area contributed by atoms with Crippen LogP contribution in [0.4, 0.5) is 43.7 Å². The average Bonchev–Trinajstić information content (AvgIpc) is 2.86. The van der Waals surface area contributed by atoms with E-state index in [-0.39, 0.29) is 11.6 Å². The molecule has 0 aliphatic heterocycles. The molecule has 11 heteroatoms. The number of carbonyl (C=O) groups excluding carboxylic acids is 1. The van der Waals surface area contributed by atoms with Crippen molar-refractivity contribution in [1.29, 1.82) is 0 Å². The Morgan fingerprint density at radius 1 is 0.865 bits per heavy atom. The molecule has 2 amide bonds. The van der Waals surface area contributed by atoms with Gasteiger partial charge in [0.2, 0.25) is 5.95 Å². The topological polar surface area (TPSA) is 116 Å². The van der Waals surface area contributed by atoms with Gasteiger partial charge in [-0.05, 0) is 72.3 Å². The van der Waals surface area contributed by atoms with Crippen LogP contribution in [0, 0.1) is 5.82 Å². The number of halogens is 1. The standard InChI is InChI=1S/C26H25FN6O3S/c1-33(23-13-11-22(12-14-23)31-26(34)30-21-9-5-19(27)6-10-21)24-15-16-28-25(32-24)29-20-7-3-18(4-8-20)17-37(2,35)36/h3-16H,17H2,1-2H3,(H,28,29,32)(H2,30,31,34). The van der Waals surface area contributed by atoms with Crippen LogP contribution in [0.5, 0.6) is 0 Å². The van der Waals surface area contributed by atoms with Crippen molar-refractivity contribution in [3.05, 3.63) is 96.4 Å². The third-order valence-corrected chi connectivity index (χ3v) is 6.10. The van der Waals surface area contributed by atoms with Crippen LogP contribution in [0.1, 0.15) is 5.56 Å². The van der Waals surface area contributed by atoms with E-state index in [4.69, 9.17) is 0 Å². The van der Waals surface area contributed by atoms with E-state index in [1.165, 1.54) is 30.5 Å². The molecule has 4 aromatic rings.